The van der Waals surface area contributed by atoms with Crippen LogP contribution in [0.5, 0.6) is 0 Å². The molecule has 0 amide bonds. The second-order valence-corrected chi connectivity index (χ2v) is 38.9. The Labute approximate surface area is 225 Å². The van der Waals surface area contributed by atoms with E-state index >= 15 is 0 Å². The molecule has 0 aromatic heterocycles. The summed E-state index contributed by atoms with van der Waals surface area (Å²) in [5.74, 6) is 0. The van der Waals surface area contributed by atoms with Crippen LogP contribution in [0.15, 0.2) is 31.5 Å². The minimum atomic E-state index is -2.22. The molecule has 0 aliphatic rings. The van der Waals surface area contributed by atoms with Crippen molar-refractivity contribution in [1.82, 2.24) is 0 Å². The summed E-state index contributed by atoms with van der Waals surface area (Å²) in [7, 11) is 0. The Morgan fingerprint density at radius 2 is 0.618 bits per heavy atom. The van der Waals surface area contributed by atoms with Crippen LogP contribution in [0, 0.1) is 0 Å². The van der Waals surface area contributed by atoms with Gasteiger partial charge >= 0.3 is 227 Å². The molecular weight excluding hydrogens is 622 g/mol. The third kappa shape index (κ3) is 13.4. The summed E-state index contributed by atoms with van der Waals surface area (Å²) in [5, 5.41) is 0. The van der Waals surface area contributed by atoms with Gasteiger partial charge in [0, 0.05) is 0 Å². The summed E-state index contributed by atoms with van der Waals surface area (Å²) in [6.45, 7) is 19.4. The van der Waals surface area contributed by atoms with Gasteiger partial charge in [-0.3, -0.25) is 0 Å². The van der Waals surface area contributed by atoms with Gasteiger partial charge in [-0.1, -0.05) is 0 Å². The summed E-state index contributed by atoms with van der Waals surface area (Å²) in [5.41, 5.74) is 0. The maximum absolute atomic E-state index is 2.59. The molecule has 0 bridgehead atoms. The molecule has 0 aromatic carbocycles. The fourth-order valence-electron chi connectivity index (χ4n) is 5.78. The van der Waals surface area contributed by atoms with Crippen LogP contribution < -0.4 is 0 Å². The van der Waals surface area contributed by atoms with Crippen molar-refractivity contribution in [2.24, 2.45) is 0 Å². The third-order valence-electron chi connectivity index (χ3n) is 8.53. The van der Waals surface area contributed by atoms with E-state index < -0.39 is 36.8 Å². The van der Waals surface area contributed by atoms with Gasteiger partial charge in [0.05, 0.1) is 0 Å². The quantitative estimate of drug-likeness (QED) is 0.0786. The van der Waals surface area contributed by atoms with Crippen LogP contribution in [0.4, 0.5) is 0 Å². The van der Waals surface area contributed by atoms with E-state index in [9.17, 15) is 0 Å². The molecule has 34 heavy (non-hydrogen) atoms. The van der Waals surface area contributed by atoms with Crippen molar-refractivity contribution in [3.63, 3.8) is 0 Å². The van der Waals surface area contributed by atoms with Crippen LogP contribution in [0.3, 0.4) is 0 Å². The molecule has 0 aliphatic carbocycles. The molecule has 200 valence electrons. The van der Waals surface area contributed by atoms with Gasteiger partial charge < -0.3 is 0 Å². The predicted octanol–water partition coefficient (Wildman–Crippen LogP) is 12.2. The maximum atomic E-state index is 2.59. The molecule has 0 N–H and O–H groups in total. The average Bonchev–Trinajstić information content (AvgIpc) is 2.85. The monoisotopic (exact) mass is 688 g/mol. The van der Waals surface area contributed by atoms with Crippen molar-refractivity contribution in [2.75, 3.05) is 0 Å². The summed E-state index contributed by atoms with van der Waals surface area (Å²) in [6.07, 6.45) is 27.0. The Morgan fingerprint density at radius 3 is 0.794 bits per heavy atom. The Bertz CT molecular complexity index is 476. The van der Waals surface area contributed by atoms with Crippen LogP contribution >= 0.6 is 0 Å². The van der Waals surface area contributed by atoms with Crippen LogP contribution in [0.1, 0.15) is 132 Å². The topological polar surface area (TPSA) is 0 Å². The van der Waals surface area contributed by atoms with E-state index in [-0.39, 0.29) is 0 Å². The fraction of sp³-hybridized carbons (Fsp3) is 0.812. The van der Waals surface area contributed by atoms with Crippen LogP contribution in [-0.2, 0) is 0 Å². The minimum absolute atomic E-state index is 1.37. The molecule has 0 heterocycles. The summed E-state index contributed by atoms with van der Waals surface area (Å²) >= 11 is -4.45. The molecule has 0 aromatic rings. The molecule has 0 saturated carbocycles. The van der Waals surface area contributed by atoms with Crippen molar-refractivity contribution >= 4 is 36.8 Å². The zero-order valence-electron chi connectivity index (χ0n) is 25.0. The number of rotatable bonds is 22. The third-order valence-corrected chi connectivity index (χ3v) is 41.5. The van der Waals surface area contributed by atoms with Gasteiger partial charge in [-0.2, -0.15) is 0 Å². The molecule has 0 spiro atoms. The molecule has 0 aliphatic heterocycles. The molecule has 0 rings (SSSR count). The van der Waals surface area contributed by atoms with E-state index in [1.54, 1.807) is 26.6 Å². The number of hydrogen-bond donors (Lipinski definition) is 0. The molecule has 0 fully saturated rings. The van der Waals surface area contributed by atoms with Crippen LogP contribution in [0.2, 0.25) is 26.6 Å². The van der Waals surface area contributed by atoms with Crippen LogP contribution in [-0.4, -0.2) is 36.8 Å². The van der Waals surface area contributed by atoms with Gasteiger partial charge in [0.2, 0.25) is 0 Å². The molecule has 0 saturated heterocycles. The zero-order chi connectivity index (χ0) is 25.7. The number of hydrogen-bond acceptors (Lipinski definition) is 0. The van der Waals surface area contributed by atoms with E-state index in [1.807, 2.05) is 7.18 Å². The van der Waals surface area contributed by atoms with Crippen molar-refractivity contribution in [3.05, 3.63) is 31.5 Å². The van der Waals surface area contributed by atoms with Gasteiger partial charge in [0.15, 0.2) is 0 Å². The summed E-state index contributed by atoms with van der Waals surface area (Å²) in [4.78, 5) is 0. The van der Waals surface area contributed by atoms with Gasteiger partial charge in [-0.15, -0.1) is 0 Å². The van der Waals surface area contributed by atoms with Crippen molar-refractivity contribution in [1.29, 1.82) is 0 Å². The second kappa shape index (κ2) is 21.9. The summed E-state index contributed by atoms with van der Waals surface area (Å²) in [6, 6.07) is 0. The molecule has 0 atom stereocenters. The Hall–Kier alpha value is 0.817. The normalized spacial score (nSPS) is 13.9. The first kappa shape index (κ1) is 34.8. The Balaban J connectivity index is 5.83. The van der Waals surface area contributed by atoms with E-state index in [0.717, 1.165) is 0 Å². The number of unbranched alkanes of at least 4 members (excludes halogenated alkanes) is 6. The van der Waals surface area contributed by atoms with E-state index in [2.05, 4.69) is 79.7 Å². The molecule has 0 unspecified atom stereocenters. The molecule has 0 radical (unpaired) electrons. The van der Waals surface area contributed by atoms with Gasteiger partial charge in [0.25, 0.3) is 0 Å². The fourth-order valence-corrected chi connectivity index (χ4v) is 37.0. The van der Waals surface area contributed by atoms with Crippen molar-refractivity contribution in [2.45, 2.75) is 159 Å². The van der Waals surface area contributed by atoms with Crippen molar-refractivity contribution in [3.8, 4) is 0 Å². The first-order valence-corrected chi connectivity index (χ1v) is 30.4. The number of allylic oxidation sites excluding steroid dienone is 6. The van der Waals surface area contributed by atoms with E-state index in [0.29, 0.717) is 0 Å². The average molecular weight is 686 g/mol. The first-order valence-electron chi connectivity index (χ1n) is 15.4. The van der Waals surface area contributed by atoms with E-state index in [4.69, 9.17) is 0 Å². The molecule has 2 heteroatoms. The SMILES string of the molecule is CCC[CH2][Sn]([CH2]CCC)([CH2]CCC)/[C](C)=C/C=C\C=[C](/C)[Sn]([CH2]CCC)([CH2]CCC)[CH2]CCC. The second-order valence-electron chi connectivity index (χ2n) is 11.3. The molecule has 0 nitrogen and oxygen atoms in total. The van der Waals surface area contributed by atoms with E-state index in [1.165, 1.54) is 77.0 Å². The zero-order valence-corrected chi connectivity index (χ0v) is 30.7. The predicted molar refractivity (Wildman–Crippen MR) is 166 cm³/mol. The van der Waals surface area contributed by atoms with Gasteiger partial charge in [-0.05, 0) is 0 Å². The van der Waals surface area contributed by atoms with Crippen LogP contribution in [0.25, 0.3) is 0 Å². The standard InChI is InChI=1S/C8H10.6C4H9.2Sn/c1-3-5-7-8-6-4-2;6*1-3-4-2;;/h5-8H,1-2H3;6*1,3-4H2,2H3;;/b5-3?,6-4?,8-7-;;;;;;;;. The molecular formula is C32H64Sn2. The Kier molecular flexibility index (Phi) is 22.4. The van der Waals surface area contributed by atoms with Gasteiger partial charge in [0.1, 0.15) is 0 Å². The first-order chi connectivity index (χ1) is 16.4. The Morgan fingerprint density at radius 1 is 0.412 bits per heavy atom. The van der Waals surface area contributed by atoms with Crippen molar-refractivity contribution < 1.29 is 0 Å². The summed E-state index contributed by atoms with van der Waals surface area (Å²) < 4.78 is 13.2. The van der Waals surface area contributed by atoms with Gasteiger partial charge in [-0.25, -0.2) is 0 Å².